The highest BCUT2D eigenvalue weighted by atomic mass is 28.3. The number of hydrogen-bond acceptors (Lipinski definition) is 0. The lowest BCUT2D eigenvalue weighted by molar-refractivity contribution is 0.737. The van der Waals surface area contributed by atoms with E-state index < -0.39 is 8.07 Å². The Labute approximate surface area is 148 Å². The van der Waals surface area contributed by atoms with Crippen LogP contribution in [-0.4, -0.2) is 8.07 Å². The molecule has 0 unspecified atom stereocenters. The van der Waals surface area contributed by atoms with Crippen LogP contribution in [0.4, 0.5) is 0 Å². The third-order valence-electron chi connectivity index (χ3n) is 4.41. The van der Waals surface area contributed by atoms with Crippen LogP contribution in [0.1, 0.15) is 38.2 Å². The van der Waals surface area contributed by atoms with Crippen LogP contribution in [0.5, 0.6) is 0 Å². The van der Waals surface area contributed by atoms with Crippen molar-refractivity contribution in [3.8, 4) is 11.8 Å². The molecule has 0 aromatic heterocycles. The largest absolute Gasteiger partial charge is 0.122 e. The summed E-state index contributed by atoms with van der Waals surface area (Å²) in [5.41, 5.74) is 1.24. The molecule has 2 aromatic rings. The molecule has 2 aromatic carbocycles. The Kier molecular flexibility index (Phi) is 7.09. The van der Waals surface area contributed by atoms with E-state index in [2.05, 4.69) is 98.6 Å². The van der Waals surface area contributed by atoms with E-state index in [9.17, 15) is 0 Å². The van der Waals surface area contributed by atoms with Crippen LogP contribution >= 0.6 is 0 Å². The second-order valence-corrected chi connectivity index (χ2v) is 11.1. The first-order valence-electron chi connectivity index (χ1n) is 8.96. The molecule has 2 rings (SSSR count). The van der Waals surface area contributed by atoms with Gasteiger partial charge in [0.15, 0.2) is 0 Å². The Morgan fingerprint density at radius 1 is 0.917 bits per heavy atom. The maximum absolute atomic E-state index is 3.54. The number of hydrogen-bond donors (Lipinski definition) is 0. The summed E-state index contributed by atoms with van der Waals surface area (Å²) in [6.07, 6.45) is 7.02. The SMILES string of the molecule is CCCCCC#C/C(=C/c1ccccc1)[Si](C)(C)c1ccccc1. The number of rotatable bonds is 6. The van der Waals surface area contributed by atoms with Crippen molar-refractivity contribution in [2.75, 3.05) is 0 Å². The Hall–Kier alpha value is -2.04. The first-order chi connectivity index (χ1) is 11.6. The summed E-state index contributed by atoms with van der Waals surface area (Å²) >= 11 is 0. The molecule has 0 spiro atoms. The van der Waals surface area contributed by atoms with Gasteiger partial charge in [-0.3, -0.25) is 0 Å². The molecule has 0 aliphatic heterocycles. The van der Waals surface area contributed by atoms with E-state index in [0.717, 1.165) is 6.42 Å². The lowest BCUT2D eigenvalue weighted by atomic mass is 10.2. The zero-order chi connectivity index (χ0) is 17.3. The van der Waals surface area contributed by atoms with Crippen molar-refractivity contribution in [3.05, 3.63) is 71.4 Å². The minimum atomic E-state index is -1.77. The maximum Gasteiger partial charge on any atom is 0.122 e. The summed E-state index contributed by atoms with van der Waals surface area (Å²) in [5.74, 6) is 6.97. The van der Waals surface area contributed by atoms with E-state index in [0.29, 0.717) is 0 Å². The molecule has 0 saturated heterocycles. The summed E-state index contributed by atoms with van der Waals surface area (Å²) < 4.78 is 0. The van der Waals surface area contributed by atoms with Gasteiger partial charge in [-0.15, -0.1) is 0 Å². The highest BCUT2D eigenvalue weighted by Crippen LogP contribution is 2.18. The van der Waals surface area contributed by atoms with Gasteiger partial charge in [0, 0.05) is 6.42 Å². The maximum atomic E-state index is 3.54. The molecule has 1 heteroatoms. The fourth-order valence-corrected chi connectivity index (χ4v) is 4.99. The van der Waals surface area contributed by atoms with Gasteiger partial charge in [-0.2, -0.15) is 0 Å². The third kappa shape index (κ3) is 5.25. The van der Waals surface area contributed by atoms with Crippen molar-refractivity contribution in [2.24, 2.45) is 0 Å². The van der Waals surface area contributed by atoms with Crippen LogP contribution in [0.3, 0.4) is 0 Å². The summed E-state index contributed by atoms with van der Waals surface area (Å²) in [6, 6.07) is 21.4. The van der Waals surface area contributed by atoms with E-state index >= 15 is 0 Å². The molecule has 0 atom stereocenters. The minimum absolute atomic E-state index is 0.999. The Balaban J connectivity index is 2.34. The average molecular weight is 333 g/mol. The quantitative estimate of drug-likeness (QED) is 0.356. The molecule has 0 nitrogen and oxygen atoms in total. The molecular formula is C23H28Si. The van der Waals surface area contributed by atoms with Gasteiger partial charge in [0.25, 0.3) is 0 Å². The highest BCUT2D eigenvalue weighted by molar-refractivity contribution is 6.97. The van der Waals surface area contributed by atoms with Crippen LogP contribution in [0.2, 0.25) is 13.1 Å². The van der Waals surface area contributed by atoms with Crippen molar-refractivity contribution < 1.29 is 0 Å². The van der Waals surface area contributed by atoms with Crippen LogP contribution < -0.4 is 5.19 Å². The second-order valence-electron chi connectivity index (χ2n) is 6.72. The Bertz CT molecular complexity index is 700. The molecule has 0 saturated carbocycles. The van der Waals surface area contributed by atoms with Crippen molar-refractivity contribution in [1.82, 2.24) is 0 Å². The van der Waals surface area contributed by atoms with Crippen molar-refractivity contribution in [1.29, 1.82) is 0 Å². The zero-order valence-corrected chi connectivity index (χ0v) is 16.2. The molecule has 0 aliphatic rings. The van der Waals surface area contributed by atoms with Gasteiger partial charge in [-0.25, -0.2) is 0 Å². The van der Waals surface area contributed by atoms with Gasteiger partial charge in [-0.05, 0) is 23.3 Å². The molecule has 0 heterocycles. The lowest BCUT2D eigenvalue weighted by Crippen LogP contribution is -2.43. The van der Waals surface area contributed by atoms with Gasteiger partial charge in [0.05, 0.1) is 0 Å². The van der Waals surface area contributed by atoms with E-state index in [1.54, 1.807) is 0 Å². The summed E-state index contributed by atoms with van der Waals surface area (Å²) in [7, 11) is -1.77. The van der Waals surface area contributed by atoms with Crippen molar-refractivity contribution in [3.63, 3.8) is 0 Å². The van der Waals surface area contributed by atoms with Crippen LogP contribution in [-0.2, 0) is 0 Å². The number of allylic oxidation sites excluding steroid dienone is 1. The molecule has 0 radical (unpaired) electrons. The monoisotopic (exact) mass is 332 g/mol. The molecular weight excluding hydrogens is 304 g/mol. The fraction of sp³-hybridized carbons (Fsp3) is 0.304. The summed E-state index contributed by atoms with van der Waals surface area (Å²) in [5, 5.41) is 2.76. The molecule has 124 valence electrons. The van der Waals surface area contributed by atoms with Gasteiger partial charge in [0.1, 0.15) is 8.07 Å². The average Bonchev–Trinajstić information content (AvgIpc) is 2.62. The molecule has 0 amide bonds. The smallest absolute Gasteiger partial charge is 0.0986 e. The van der Waals surface area contributed by atoms with E-state index in [-0.39, 0.29) is 0 Å². The number of unbranched alkanes of at least 4 members (excludes halogenated alkanes) is 3. The Morgan fingerprint density at radius 3 is 2.17 bits per heavy atom. The molecule has 24 heavy (non-hydrogen) atoms. The minimum Gasteiger partial charge on any atom is -0.0986 e. The first-order valence-corrected chi connectivity index (χ1v) is 12.0. The second kappa shape index (κ2) is 9.30. The normalized spacial score (nSPS) is 11.7. The number of benzene rings is 2. The van der Waals surface area contributed by atoms with E-state index in [1.807, 2.05) is 0 Å². The van der Waals surface area contributed by atoms with E-state index in [4.69, 9.17) is 0 Å². The fourth-order valence-electron chi connectivity index (χ4n) is 2.72. The van der Waals surface area contributed by atoms with Gasteiger partial charge in [-0.1, -0.05) is 111 Å². The Morgan fingerprint density at radius 2 is 1.54 bits per heavy atom. The van der Waals surface area contributed by atoms with Gasteiger partial charge < -0.3 is 0 Å². The highest BCUT2D eigenvalue weighted by Gasteiger charge is 2.27. The van der Waals surface area contributed by atoms with Crippen LogP contribution in [0, 0.1) is 11.8 Å². The van der Waals surface area contributed by atoms with Gasteiger partial charge in [0.2, 0.25) is 0 Å². The third-order valence-corrected chi connectivity index (χ3v) is 7.80. The van der Waals surface area contributed by atoms with Crippen molar-refractivity contribution >= 4 is 19.3 Å². The molecule has 0 aliphatic carbocycles. The first kappa shape index (κ1) is 18.3. The predicted molar refractivity (Wildman–Crippen MR) is 110 cm³/mol. The molecule has 0 bridgehead atoms. The standard InChI is InChI=1S/C23H28Si/c1-4-5-6-7-12-19-23(20-21-15-10-8-11-16-21)24(2,3)22-17-13-9-14-18-22/h8-11,13-18,20H,4-7H2,1-3H3/b23-20-. The van der Waals surface area contributed by atoms with Gasteiger partial charge >= 0.3 is 0 Å². The van der Waals surface area contributed by atoms with Crippen molar-refractivity contribution in [2.45, 2.75) is 45.7 Å². The topological polar surface area (TPSA) is 0 Å². The van der Waals surface area contributed by atoms with Crippen LogP contribution in [0.25, 0.3) is 6.08 Å². The van der Waals surface area contributed by atoms with E-state index in [1.165, 1.54) is 35.2 Å². The zero-order valence-electron chi connectivity index (χ0n) is 15.2. The predicted octanol–water partition coefficient (Wildman–Crippen LogP) is 5.81. The summed E-state index contributed by atoms with van der Waals surface area (Å²) in [4.78, 5) is 0. The summed E-state index contributed by atoms with van der Waals surface area (Å²) in [6.45, 7) is 7.04. The molecule has 0 fully saturated rings. The molecule has 0 N–H and O–H groups in total. The lowest BCUT2D eigenvalue weighted by Gasteiger charge is -2.23. The van der Waals surface area contributed by atoms with Crippen LogP contribution in [0.15, 0.2) is 65.9 Å².